The zero-order valence-electron chi connectivity index (χ0n) is 17.2. The highest BCUT2D eigenvalue weighted by Gasteiger charge is 2.73. The van der Waals surface area contributed by atoms with Gasteiger partial charge in [-0.2, -0.15) is 0 Å². The third kappa shape index (κ3) is 1.77. The third-order valence-electron chi connectivity index (χ3n) is 7.84. The van der Waals surface area contributed by atoms with Gasteiger partial charge in [-0.3, -0.25) is 14.5 Å². The van der Waals surface area contributed by atoms with Gasteiger partial charge in [0.2, 0.25) is 11.8 Å². The van der Waals surface area contributed by atoms with E-state index in [0.717, 1.165) is 26.4 Å². The van der Waals surface area contributed by atoms with Crippen LogP contribution in [0.15, 0.2) is 72.8 Å². The first-order chi connectivity index (χ1) is 15.4. The van der Waals surface area contributed by atoms with Crippen molar-refractivity contribution in [1.29, 1.82) is 0 Å². The number of aliphatic hydroxyl groups is 2. The third-order valence-corrected chi connectivity index (χ3v) is 7.84. The molecule has 2 N–H and O–H groups in total. The van der Waals surface area contributed by atoms with Crippen LogP contribution < -0.4 is 0 Å². The summed E-state index contributed by atoms with van der Waals surface area (Å²) in [6, 6.07) is 22.9. The van der Waals surface area contributed by atoms with Crippen LogP contribution in [0.3, 0.4) is 0 Å². The maximum Gasteiger partial charge on any atom is 0.236 e. The Bertz CT molecular complexity index is 1340. The highest BCUT2D eigenvalue weighted by atomic mass is 16.3. The fourth-order valence-corrected chi connectivity index (χ4v) is 6.35. The first-order valence-corrected chi connectivity index (χ1v) is 10.7. The minimum Gasteiger partial charge on any atom is -0.379 e. The second-order valence-electron chi connectivity index (χ2n) is 9.21. The predicted octanol–water partition coefficient (Wildman–Crippen LogP) is 3.02. The van der Waals surface area contributed by atoms with Crippen LogP contribution in [0.4, 0.5) is 0 Å². The Labute approximate surface area is 183 Å². The fourth-order valence-electron chi connectivity index (χ4n) is 6.35. The Morgan fingerprint density at radius 3 is 1.19 bits per heavy atom. The molecule has 0 unspecified atom stereocenters. The number of nitrogens with zero attached hydrogens (tertiary/aromatic N) is 1. The number of rotatable bonds is 0. The lowest BCUT2D eigenvalue weighted by Gasteiger charge is -2.55. The smallest absolute Gasteiger partial charge is 0.236 e. The van der Waals surface area contributed by atoms with Crippen LogP contribution in [-0.4, -0.2) is 34.0 Å². The van der Waals surface area contributed by atoms with Gasteiger partial charge in [-0.15, -0.1) is 0 Å². The molecule has 8 rings (SSSR count). The van der Waals surface area contributed by atoms with Crippen LogP contribution in [0.2, 0.25) is 0 Å². The van der Waals surface area contributed by atoms with Crippen LogP contribution in [0.1, 0.15) is 22.3 Å². The molecule has 0 radical (unpaired) electrons. The molecule has 4 aromatic rings. The van der Waals surface area contributed by atoms with E-state index in [9.17, 15) is 19.8 Å². The van der Waals surface area contributed by atoms with Crippen LogP contribution in [0.5, 0.6) is 0 Å². The monoisotopic (exact) mass is 421 g/mol. The van der Waals surface area contributed by atoms with Gasteiger partial charge < -0.3 is 10.2 Å². The number of amides is 2. The van der Waals surface area contributed by atoms with Crippen molar-refractivity contribution < 1.29 is 19.8 Å². The lowest BCUT2D eigenvalue weighted by molar-refractivity contribution is -0.153. The molecule has 4 aliphatic rings. The number of likely N-dealkylation sites (tertiary alicyclic amines) is 1. The van der Waals surface area contributed by atoms with Gasteiger partial charge in [0.05, 0.1) is 11.8 Å². The van der Waals surface area contributed by atoms with Crippen molar-refractivity contribution in [1.82, 2.24) is 4.90 Å². The second-order valence-corrected chi connectivity index (χ2v) is 9.21. The molecule has 0 spiro atoms. The molecule has 3 aliphatic carbocycles. The number of fused-ring (bicyclic) bond motifs is 2. The van der Waals surface area contributed by atoms with Gasteiger partial charge in [-0.05, 0) is 68.1 Å². The first-order valence-electron chi connectivity index (χ1n) is 10.7. The summed E-state index contributed by atoms with van der Waals surface area (Å²) in [5.41, 5.74) is -1.44. The fraction of sp³-hybridized carbons (Fsp3) is 0.185. The van der Waals surface area contributed by atoms with Crippen LogP contribution in [0.25, 0.3) is 21.5 Å². The first kappa shape index (κ1) is 18.1. The van der Waals surface area contributed by atoms with E-state index >= 15 is 0 Å². The second kappa shape index (κ2) is 5.44. The number of carbonyl (C=O) groups excluding carboxylic acids is 2. The molecule has 1 saturated heterocycles. The minimum absolute atomic E-state index is 0.460. The summed E-state index contributed by atoms with van der Waals surface area (Å²) in [4.78, 5) is 27.6. The summed E-state index contributed by atoms with van der Waals surface area (Å²) in [5.74, 6) is -3.07. The average molecular weight is 421 g/mol. The molecule has 5 nitrogen and oxygen atoms in total. The van der Waals surface area contributed by atoms with Gasteiger partial charge in [-0.1, -0.05) is 48.5 Å². The van der Waals surface area contributed by atoms with Gasteiger partial charge >= 0.3 is 0 Å². The molecule has 5 heteroatoms. The van der Waals surface area contributed by atoms with Crippen molar-refractivity contribution in [2.45, 2.75) is 11.2 Å². The Hall–Kier alpha value is -3.54. The summed E-state index contributed by atoms with van der Waals surface area (Å²) < 4.78 is 0. The molecular weight excluding hydrogens is 402 g/mol. The maximum absolute atomic E-state index is 13.3. The summed E-state index contributed by atoms with van der Waals surface area (Å²) in [7, 11) is 1.43. The lowest BCUT2D eigenvalue weighted by atomic mass is 9.50. The number of imide groups is 1. The highest BCUT2D eigenvalue weighted by Crippen LogP contribution is 2.65. The van der Waals surface area contributed by atoms with E-state index in [4.69, 9.17) is 0 Å². The summed E-state index contributed by atoms with van der Waals surface area (Å²) in [6.07, 6.45) is 0. The largest absolute Gasteiger partial charge is 0.379 e. The van der Waals surface area contributed by atoms with Crippen molar-refractivity contribution in [2.75, 3.05) is 7.05 Å². The normalized spacial score (nSPS) is 30.0. The molecule has 4 aromatic carbocycles. The van der Waals surface area contributed by atoms with Crippen molar-refractivity contribution in [2.24, 2.45) is 11.8 Å². The highest BCUT2D eigenvalue weighted by molar-refractivity contribution is 6.09. The molecule has 1 aliphatic heterocycles. The summed E-state index contributed by atoms with van der Waals surface area (Å²) in [5, 5.41) is 28.5. The molecule has 1 fully saturated rings. The van der Waals surface area contributed by atoms with E-state index in [2.05, 4.69) is 0 Å². The van der Waals surface area contributed by atoms with Gasteiger partial charge in [0.25, 0.3) is 0 Å². The topological polar surface area (TPSA) is 77.8 Å². The zero-order valence-corrected chi connectivity index (χ0v) is 17.2. The number of hydrogen-bond donors (Lipinski definition) is 2. The van der Waals surface area contributed by atoms with Crippen LogP contribution in [-0.2, 0) is 20.8 Å². The van der Waals surface area contributed by atoms with Gasteiger partial charge in [0, 0.05) is 7.05 Å². The van der Waals surface area contributed by atoms with Crippen LogP contribution >= 0.6 is 0 Å². The zero-order chi connectivity index (χ0) is 22.0. The van der Waals surface area contributed by atoms with E-state index < -0.39 is 34.9 Å². The minimum atomic E-state index is -1.72. The number of benzene rings is 4. The molecule has 0 saturated carbocycles. The standard InChI is InChI=1S/C27H19NO4/c1-28-24(29)22-23(25(28)30)27(32)19-11-15-7-3-2-6-14(15)10-18(19)26(22,31)20-12-16-8-4-5-9-17(16)13-21(20)27/h2-13,22-23,31-32H,1H3/t22-,23+,26?,27?. The van der Waals surface area contributed by atoms with Gasteiger partial charge in [0.15, 0.2) is 0 Å². The van der Waals surface area contributed by atoms with E-state index in [1.807, 2.05) is 72.8 Å². The molecule has 2 atom stereocenters. The van der Waals surface area contributed by atoms with Gasteiger partial charge in [-0.25, -0.2) is 0 Å². The molecular formula is C27H19NO4. The Kier molecular flexibility index (Phi) is 3.07. The maximum atomic E-state index is 13.3. The molecule has 2 amide bonds. The molecule has 2 bridgehead atoms. The van der Waals surface area contributed by atoms with E-state index in [1.54, 1.807) is 0 Å². The summed E-state index contributed by atoms with van der Waals surface area (Å²) >= 11 is 0. The Morgan fingerprint density at radius 1 is 0.625 bits per heavy atom. The van der Waals surface area contributed by atoms with Crippen molar-refractivity contribution in [3.63, 3.8) is 0 Å². The molecule has 0 aromatic heterocycles. The average Bonchev–Trinajstić information content (AvgIpc) is 3.05. The quantitative estimate of drug-likeness (QED) is 0.428. The van der Waals surface area contributed by atoms with Crippen molar-refractivity contribution >= 4 is 33.4 Å². The van der Waals surface area contributed by atoms with Crippen molar-refractivity contribution in [3.8, 4) is 0 Å². The number of carbonyl (C=O) groups is 2. The molecule has 156 valence electrons. The van der Waals surface area contributed by atoms with Crippen molar-refractivity contribution in [3.05, 3.63) is 95.1 Å². The Balaban J connectivity index is 1.69. The number of hydrogen-bond acceptors (Lipinski definition) is 4. The predicted molar refractivity (Wildman–Crippen MR) is 119 cm³/mol. The van der Waals surface area contributed by atoms with E-state index in [1.165, 1.54) is 7.05 Å². The van der Waals surface area contributed by atoms with E-state index in [-0.39, 0.29) is 0 Å². The summed E-state index contributed by atoms with van der Waals surface area (Å²) in [6.45, 7) is 0. The SMILES string of the molecule is CN1C(=O)[C@@H]2[C@H](C1=O)C1(O)c3cc4ccccc4cc3C2(O)c2cc3ccccc3cc21. The van der Waals surface area contributed by atoms with Crippen LogP contribution in [0, 0.1) is 11.8 Å². The Morgan fingerprint density at radius 2 is 0.906 bits per heavy atom. The van der Waals surface area contributed by atoms with Gasteiger partial charge in [0.1, 0.15) is 11.2 Å². The van der Waals surface area contributed by atoms with E-state index in [0.29, 0.717) is 22.3 Å². The molecule has 1 heterocycles. The lowest BCUT2D eigenvalue weighted by Crippen LogP contribution is -2.61. The molecule has 32 heavy (non-hydrogen) atoms.